The molecule has 0 amide bonds. The average molecular weight is 190 g/mol. The third-order valence-electron chi connectivity index (χ3n) is 1.98. The summed E-state index contributed by atoms with van der Waals surface area (Å²) in [7, 11) is 0. The van der Waals surface area contributed by atoms with Gasteiger partial charge in [0.15, 0.2) is 0 Å². The van der Waals surface area contributed by atoms with Crippen molar-refractivity contribution in [3.8, 4) is 5.69 Å². The molecule has 14 heavy (non-hydrogen) atoms. The number of hydrogen-bond acceptors (Lipinski definition) is 2. The van der Waals surface area contributed by atoms with Crippen molar-refractivity contribution in [3.05, 3.63) is 52.4 Å². The number of hydrogen-bond donors (Lipinski definition) is 2. The van der Waals surface area contributed by atoms with Crippen molar-refractivity contribution in [2.75, 3.05) is 0 Å². The van der Waals surface area contributed by atoms with Crippen molar-refractivity contribution in [2.24, 2.45) is 0 Å². The summed E-state index contributed by atoms with van der Waals surface area (Å²) in [6.45, 7) is -0.159. The Balaban J connectivity index is 2.56. The third-order valence-corrected chi connectivity index (χ3v) is 1.98. The van der Waals surface area contributed by atoms with E-state index < -0.39 is 0 Å². The number of aliphatic hydroxyl groups excluding tert-OH is 1. The zero-order valence-corrected chi connectivity index (χ0v) is 7.47. The highest BCUT2D eigenvalue weighted by molar-refractivity contribution is 5.32. The molecule has 0 aliphatic heterocycles. The fraction of sp³-hybridized carbons (Fsp3) is 0.100. The van der Waals surface area contributed by atoms with Crippen LogP contribution in [-0.4, -0.2) is 14.9 Å². The number of aromatic nitrogens is 2. The van der Waals surface area contributed by atoms with Gasteiger partial charge in [-0.05, 0) is 12.1 Å². The molecule has 4 heteroatoms. The van der Waals surface area contributed by atoms with Crippen LogP contribution in [0.5, 0.6) is 0 Å². The van der Waals surface area contributed by atoms with Crippen LogP contribution >= 0.6 is 0 Å². The van der Waals surface area contributed by atoms with Gasteiger partial charge in [-0.25, -0.2) is 0 Å². The molecule has 72 valence electrons. The van der Waals surface area contributed by atoms with Gasteiger partial charge >= 0.3 is 0 Å². The van der Waals surface area contributed by atoms with Crippen molar-refractivity contribution in [2.45, 2.75) is 6.61 Å². The molecular weight excluding hydrogens is 180 g/mol. The second kappa shape index (κ2) is 3.51. The van der Waals surface area contributed by atoms with Crippen LogP contribution in [-0.2, 0) is 6.61 Å². The fourth-order valence-corrected chi connectivity index (χ4v) is 1.35. The first kappa shape index (κ1) is 8.77. The van der Waals surface area contributed by atoms with Gasteiger partial charge in [0.1, 0.15) is 0 Å². The molecule has 4 nitrogen and oxygen atoms in total. The van der Waals surface area contributed by atoms with Gasteiger partial charge in [0.05, 0.1) is 18.0 Å². The summed E-state index contributed by atoms with van der Waals surface area (Å²) >= 11 is 0. The highest BCUT2D eigenvalue weighted by Gasteiger charge is 2.03. The normalized spacial score (nSPS) is 10.4. The van der Waals surface area contributed by atoms with E-state index in [1.165, 1.54) is 6.07 Å². The van der Waals surface area contributed by atoms with Crippen LogP contribution in [0.25, 0.3) is 5.69 Å². The molecule has 0 aliphatic carbocycles. The minimum Gasteiger partial charge on any atom is -0.390 e. The summed E-state index contributed by atoms with van der Waals surface area (Å²) in [5.74, 6) is 0. The molecular formula is C10H10N2O2. The van der Waals surface area contributed by atoms with Gasteiger partial charge in [0.25, 0.3) is 5.56 Å². The van der Waals surface area contributed by atoms with E-state index in [0.29, 0.717) is 5.69 Å². The monoisotopic (exact) mass is 190 g/mol. The summed E-state index contributed by atoms with van der Waals surface area (Å²) < 4.78 is 1.57. The van der Waals surface area contributed by atoms with Crippen LogP contribution in [0.1, 0.15) is 5.69 Å². The second-order valence-corrected chi connectivity index (χ2v) is 2.94. The number of rotatable bonds is 2. The van der Waals surface area contributed by atoms with E-state index in [4.69, 9.17) is 5.11 Å². The van der Waals surface area contributed by atoms with Crippen molar-refractivity contribution in [1.82, 2.24) is 9.78 Å². The highest BCUT2D eigenvalue weighted by Crippen LogP contribution is 2.07. The molecule has 1 heterocycles. The number of nitrogens with zero attached hydrogens (tertiary/aromatic N) is 1. The Morgan fingerprint density at radius 2 is 2.00 bits per heavy atom. The number of aliphatic hydroxyl groups is 1. The van der Waals surface area contributed by atoms with Gasteiger partial charge < -0.3 is 5.11 Å². The van der Waals surface area contributed by atoms with Crippen molar-refractivity contribution >= 4 is 0 Å². The van der Waals surface area contributed by atoms with Gasteiger partial charge in [0, 0.05) is 6.07 Å². The van der Waals surface area contributed by atoms with E-state index >= 15 is 0 Å². The lowest BCUT2D eigenvalue weighted by Gasteiger charge is -2.05. The zero-order valence-electron chi connectivity index (χ0n) is 7.47. The Morgan fingerprint density at radius 3 is 2.64 bits per heavy atom. The Hall–Kier alpha value is -1.81. The SMILES string of the molecule is O=c1cc(CO)n(-c2ccccc2)[nH]1. The largest absolute Gasteiger partial charge is 0.390 e. The van der Waals surface area contributed by atoms with Crippen LogP contribution < -0.4 is 5.56 Å². The summed E-state index contributed by atoms with van der Waals surface area (Å²) in [5, 5.41) is 11.6. The van der Waals surface area contributed by atoms with Gasteiger partial charge in [0.2, 0.25) is 0 Å². The topological polar surface area (TPSA) is 58.0 Å². The van der Waals surface area contributed by atoms with Crippen molar-refractivity contribution in [3.63, 3.8) is 0 Å². The van der Waals surface area contributed by atoms with E-state index in [0.717, 1.165) is 5.69 Å². The van der Waals surface area contributed by atoms with Gasteiger partial charge in [-0.15, -0.1) is 0 Å². The molecule has 1 aromatic heterocycles. The molecule has 0 aliphatic rings. The molecule has 0 saturated carbocycles. The predicted octanol–water partition coefficient (Wildman–Crippen LogP) is 0.658. The standard InChI is InChI=1S/C10H10N2O2/c13-7-9-6-10(14)11-12(9)8-4-2-1-3-5-8/h1-6,13H,7H2,(H,11,14). The molecule has 0 unspecified atom stereocenters. The number of para-hydroxylation sites is 1. The lowest BCUT2D eigenvalue weighted by atomic mass is 10.3. The number of benzene rings is 1. The molecule has 0 bridgehead atoms. The predicted molar refractivity (Wildman–Crippen MR) is 52.3 cm³/mol. The number of nitrogens with one attached hydrogen (secondary N) is 1. The third kappa shape index (κ3) is 1.47. The Morgan fingerprint density at radius 1 is 1.29 bits per heavy atom. The van der Waals surface area contributed by atoms with Crippen molar-refractivity contribution < 1.29 is 5.11 Å². The van der Waals surface area contributed by atoms with E-state index in [1.54, 1.807) is 4.68 Å². The molecule has 0 saturated heterocycles. The molecule has 0 atom stereocenters. The number of H-pyrrole nitrogens is 1. The average Bonchev–Trinajstić information content (AvgIpc) is 2.61. The molecule has 2 aromatic rings. The molecule has 0 radical (unpaired) electrons. The highest BCUT2D eigenvalue weighted by atomic mass is 16.3. The second-order valence-electron chi connectivity index (χ2n) is 2.94. The summed E-state index contributed by atoms with van der Waals surface area (Å²) in [6.07, 6.45) is 0. The van der Waals surface area contributed by atoms with E-state index in [1.807, 2.05) is 30.3 Å². The maximum Gasteiger partial charge on any atom is 0.264 e. The summed E-state index contributed by atoms with van der Waals surface area (Å²) in [6, 6.07) is 10.7. The quantitative estimate of drug-likeness (QED) is 0.730. The first-order valence-corrected chi connectivity index (χ1v) is 4.28. The van der Waals surface area contributed by atoms with Crippen LogP contribution in [0.15, 0.2) is 41.2 Å². The minimum atomic E-state index is -0.210. The summed E-state index contributed by atoms with van der Waals surface area (Å²) in [5.41, 5.74) is 1.18. The maximum atomic E-state index is 11.1. The minimum absolute atomic E-state index is 0.159. The Kier molecular flexibility index (Phi) is 2.20. The Bertz CT molecular complexity index is 470. The van der Waals surface area contributed by atoms with Crippen LogP contribution in [0, 0.1) is 0 Å². The lowest BCUT2D eigenvalue weighted by Crippen LogP contribution is -2.05. The van der Waals surface area contributed by atoms with Crippen LogP contribution in [0.3, 0.4) is 0 Å². The molecule has 0 fully saturated rings. The summed E-state index contributed by atoms with van der Waals surface area (Å²) in [4.78, 5) is 11.1. The Labute approximate surface area is 80.4 Å². The van der Waals surface area contributed by atoms with Gasteiger partial charge in [-0.2, -0.15) is 0 Å². The lowest BCUT2D eigenvalue weighted by molar-refractivity contribution is 0.273. The first-order valence-electron chi connectivity index (χ1n) is 4.28. The van der Waals surface area contributed by atoms with E-state index in [9.17, 15) is 4.79 Å². The number of aromatic amines is 1. The first-order chi connectivity index (χ1) is 6.81. The molecule has 0 spiro atoms. The smallest absolute Gasteiger partial charge is 0.264 e. The zero-order chi connectivity index (χ0) is 9.97. The van der Waals surface area contributed by atoms with E-state index in [2.05, 4.69) is 5.10 Å². The fourth-order valence-electron chi connectivity index (χ4n) is 1.35. The molecule has 2 N–H and O–H groups in total. The maximum absolute atomic E-state index is 11.1. The van der Waals surface area contributed by atoms with Gasteiger partial charge in [-0.1, -0.05) is 18.2 Å². The van der Waals surface area contributed by atoms with Crippen molar-refractivity contribution in [1.29, 1.82) is 0 Å². The van der Waals surface area contributed by atoms with Crippen LogP contribution in [0.2, 0.25) is 0 Å². The molecule has 1 aromatic carbocycles. The van der Waals surface area contributed by atoms with Gasteiger partial charge in [-0.3, -0.25) is 14.6 Å². The molecule has 2 rings (SSSR count). The van der Waals surface area contributed by atoms with Crippen LogP contribution in [0.4, 0.5) is 0 Å². The van der Waals surface area contributed by atoms with E-state index in [-0.39, 0.29) is 12.2 Å².